The molecule has 5 heteroatoms. The number of rotatable bonds is 3. The number of likely N-dealkylation sites (tertiary alicyclic amines) is 1. The zero-order valence-electron chi connectivity index (χ0n) is 10.1. The van der Waals surface area contributed by atoms with Crippen LogP contribution in [0.4, 0.5) is 4.79 Å². The first-order valence-corrected chi connectivity index (χ1v) is 5.68. The second-order valence-corrected chi connectivity index (χ2v) is 4.59. The van der Waals surface area contributed by atoms with E-state index in [-0.39, 0.29) is 18.6 Å². The van der Waals surface area contributed by atoms with Crippen molar-refractivity contribution >= 4 is 12.0 Å². The fourth-order valence-corrected chi connectivity index (χ4v) is 2.00. The quantitative estimate of drug-likeness (QED) is 0.790. The summed E-state index contributed by atoms with van der Waals surface area (Å²) in [5, 5.41) is 8.78. The van der Waals surface area contributed by atoms with E-state index < -0.39 is 11.9 Å². The van der Waals surface area contributed by atoms with Crippen LogP contribution in [0.25, 0.3) is 0 Å². The molecule has 92 valence electrons. The highest BCUT2D eigenvalue weighted by Gasteiger charge is 2.28. The number of carbonyl (C=O) groups is 2. The van der Waals surface area contributed by atoms with Gasteiger partial charge in [-0.2, -0.15) is 0 Å². The van der Waals surface area contributed by atoms with Gasteiger partial charge in [0.05, 0.1) is 5.92 Å². The molecule has 0 bridgehead atoms. The van der Waals surface area contributed by atoms with Crippen LogP contribution in [0.5, 0.6) is 0 Å². The Morgan fingerprint density at radius 2 is 2.19 bits per heavy atom. The summed E-state index contributed by atoms with van der Waals surface area (Å²) in [6.45, 7) is 4.68. The van der Waals surface area contributed by atoms with Crippen molar-refractivity contribution < 1.29 is 14.7 Å². The van der Waals surface area contributed by atoms with Gasteiger partial charge in [0.1, 0.15) is 0 Å². The molecular formula is C11H20N2O3. The van der Waals surface area contributed by atoms with Crippen molar-refractivity contribution in [2.24, 2.45) is 5.92 Å². The third-order valence-corrected chi connectivity index (χ3v) is 3.09. The molecule has 1 aliphatic heterocycles. The van der Waals surface area contributed by atoms with Crippen molar-refractivity contribution in [3.05, 3.63) is 0 Å². The van der Waals surface area contributed by atoms with Crippen LogP contribution in [0.15, 0.2) is 0 Å². The number of hydrogen-bond donors (Lipinski definition) is 1. The van der Waals surface area contributed by atoms with Crippen LogP contribution in [-0.2, 0) is 4.79 Å². The molecular weight excluding hydrogens is 208 g/mol. The average molecular weight is 228 g/mol. The maximum absolute atomic E-state index is 12.0. The number of carbonyl (C=O) groups excluding carboxylic acids is 1. The second-order valence-electron chi connectivity index (χ2n) is 4.59. The van der Waals surface area contributed by atoms with Crippen LogP contribution >= 0.6 is 0 Å². The van der Waals surface area contributed by atoms with Gasteiger partial charge in [-0.25, -0.2) is 4.79 Å². The van der Waals surface area contributed by atoms with Crippen molar-refractivity contribution in [1.82, 2.24) is 9.80 Å². The first-order chi connectivity index (χ1) is 7.43. The van der Waals surface area contributed by atoms with E-state index in [0.717, 1.165) is 19.4 Å². The number of carboxylic acid groups (broad SMARTS) is 1. The van der Waals surface area contributed by atoms with Crippen LogP contribution < -0.4 is 0 Å². The van der Waals surface area contributed by atoms with Crippen LogP contribution in [0.3, 0.4) is 0 Å². The van der Waals surface area contributed by atoms with E-state index in [9.17, 15) is 9.59 Å². The molecule has 5 nitrogen and oxygen atoms in total. The number of aliphatic carboxylic acids is 1. The Morgan fingerprint density at radius 1 is 1.56 bits per heavy atom. The molecule has 1 aliphatic rings. The Labute approximate surface area is 96.0 Å². The minimum absolute atomic E-state index is 0.0573. The minimum atomic E-state index is -0.867. The van der Waals surface area contributed by atoms with Gasteiger partial charge in [0.25, 0.3) is 0 Å². The molecule has 2 amide bonds. The number of amides is 2. The molecule has 0 aliphatic carbocycles. The molecule has 0 aromatic heterocycles. The summed E-state index contributed by atoms with van der Waals surface area (Å²) in [4.78, 5) is 26.0. The summed E-state index contributed by atoms with van der Waals surface area (Å²) in [6.07, 6.45) is 2.07. The van der Waals surface area contributed by atoms with Crippen molar-refractivity contribution in [1.29, 1.82) is 0 Å². The van der Waals surface area contributed by atoms with Gasteiger partial charge in [-0.3, -0.25) is 4.79 Å². The number of hydrogen-bond acceptors (Lipinski definition) is 2. The molecule has 2 atom stereocenters. The molecule has 1 rings (SSSR count). The minimum Gasteiger partial charge on any atom is -0.481 e. The first kappa shape index (κ1) is 12.8. The average Bonchev–Trinajstić information content (AvgIpc) is 2.62. The van der Waals surface area contributed by atoms with Gasteiger partial charge < -0.3 is 14.9 Å². The summed E-state index contributed by atoms with van der Waals surface area (Å²) in [5.41, 5.74) is 0. The van der Waals surface area contributed by atoms with E-state index in [1.54, 1.807) is 14.0 Å². The van der Waals surface area contributed by atoms with Crippen LogP contribution in [0.1, 0.15) is 26.7 Å². The van der Waals surface area contributed by atoms with Crippen molar-refractivity contribution in [2.45, 2.75) is 32.7 Å². The Bertz CT molecular complexity index is 280. The summed E-state index contributed by atoms with van der Waals surface area (Å²) in [6, 6.07) is 0.216. The van der Waals surface area contributed by atoms with Gasteiger partial charge >= 0.3 is 12.0 Å². The predicted octanol–water partition coefficient (Wildman–Crippen LogP) is 1.24. The predicted molar refractivity (Wildman–Crippen MR) is 60.2 cm³/mol. The largest absolute Gasteiger partial charge is 0.481 e. The molecule has 1 fully saturated rings. The molecule has 1 heterocycles. The lowest BCUT2D eigenvalue weighted by Crippen LogP contribution is -2.44. The maximum atomic E-state index is 12.0. The summed E-state index contributed by atoms with van der Waals surface area (Å²) in [7, 11) is 1.66. The summed E-state index contributed by atoms with van der Waals surface area (Å²) < 4.78 is 0. The fourth-order valence-electron chi connectivity index (χ4n) is 2.00. The molecule has 16 heavy (non-hydrogen) atoms. The Morgan fingerprint density at radius 3 is 2.62 bits per heavy atom. The van der Waals surface area contributed by atoms with Crippen molar-refractivity contribution in [2.75, 3.05) is 20.1 Å². The molecule has 0 aromatic rings. The van der Waals surface area contributed by atoms with Crippen LogP contribution in [0.2, 0.25) is 0 Å². The van der Waals surface area contributed by atoms with E-state index in [4.69, 9.17) is 5.11 Å². The molecule has 0 aromatic carbocycles. The van der Waals surface area contributed by atoms with Gasteiger partial charge in [0.2, 0.25) is 0 Å². The molecule has 0 radical (unpaired) electrons. The van der Waals surface area contributed by atoms with Gasteiger partial charge in [0, 0.05) is 26.2 Å². The maximum Gasteiger partial charge on any atom is 0.320 e. The standard InChI is InChI=1S/C11H20N2O3/c1-8(10(14)15)7-12(3)11(16)13-6-4-5-9(13)2/h8-9H,4-7H2,1-3H3,(H,14,15). The van der Waals surface area contributed by atoms with E-state index in [2.05, 4.69) is 0 Å². The molecule has 1 N–H and O–H groups in total. The second kappa shape index (κ2) is 5.18. The lowest BCUT2D eigenvalue weighted by molar-refractivity contribution is -0.141. The van der Waals surface area contributed by atoms with E-state index in [0.29, 0.717) is 0 Å². The summed E-state index contributed by atoms with van der Waals surface area (Å²) in [5.74, 6) is -1.39. The van der Waals surface area contributed by atoms with Gasteiger partial charge in [-0.05, 0) is 19.8 Å². The normalized spacial score (nSPS) is 21.9. The Balaban J connectivity index is 2.50. The third kappa shape index (κ3) is 2.87. The zero-order chi connectivity index (χ0) is 12.3. The van der Waals surface area contributed by atoms with Crippen molar-refractivity contribution in [3.63, 3.8) is 0 Å². The monoisotopic (exact) mass is 228 g/mol. The summed E-state index contributed by atoms with van der Waals surface area (Å²) >= 11 is 0. The highest BCUT2D eigenvalue weighted by molar-refractivity contribution is 5.76. The molecule has 1 saturated heterocycles. The first-order valence-electron chi connectivity index (χ1n) is 5.68. The number of urea groups is 1. The highest BCUT2D eigenvalue weighted by atomic mass is 16.4. The van der Waals surface area contributed by atoms with Gasteiger partial charge in [-0.15, -0.1) is 0 Å². The van der Waals surface area contributed by atoms with Gasteiger partial charge in [0.15, 0.2) is 0 Å². The highest BCUT2D eigenvalue weighted by Crippen LogP contribution is 2.18. The van der Waals surface area contributed by atoms with Crippen LogP contribution in [0, 0.1) is 5.92 Å². The van der Waals surface area contributed by atoms with E-state index in [1.165, 1.54) is 4.90 Å². The third-order valence-electron chi connectivity index (χ3n) is 3.09. The van der Waals surface area contributed by atoms with Crippen molar-refractivity contribution in [3.8, 4) is 0 Å². The number of nitrogens with zero attached hydrogens (tertiary/aromatic N) is 2. The molecule has 0 spiro atoms. The van der Waals surface area contributed by atoms with Crippen LogP contribution in [-0.4, -0.2) is 53.1 Å². The fraction of sp³-hybridized carbons (Fsp3) is 0.818. The topological polar surface area (TPSA) is 60.9 Å². The lowest BCUT2D eigenvalue weighted by atomic mass is 10.2. The smallest absolute Gasteiger partial charge is 0.320 e. The lowest BCUT2D eigenvalue weighted by Gasteiger charge is -2.28. The Kier molecular flexibility index (Phi) is 4.15. The zero-order valence-corrected chi connectivity index (χ0v) is 10.1. The van der Waals surface area contributed by atoms with Gasteiger partial charge in [-0.1, -0.05) is 6.92 Å². The number of carboxylic acids is 1. The SMILES string of the molecule is CC(CN(C)C(=O)N1CCCC1C)C(=O)O. The van der Waals surface area contributed by atoms with E-state index >= 15 is 0 Å². The Hall–Kier alpha value is -1.26. The molecule has 2 unspecified atom stereocenters. The molecule has 0 saturated carbocycles. The van der Waals surface area contributed by atoms with E-state index in [1.807, 2.05) is 11.8 Å².